The SMILES string of the molecule is CN1c2cc3c(cc2C(CS(=O)(=O)[O-])=CC1(C)C)C(c1ccc(C(=O)NCCOCCOCCOCCNC(=O)CCCC[C@@H]2SC[C@@H]4NC(=O)N[C@@H]42)cc1C(=O)O)=c1cc2c(cc1O3)=[N+](C)C(C)(C)C=C2CS(=O)(=O)O. The Balaban J connectivity index is 0.904. The summed E-state index contributed by atoms with van der Waals surface area (Å²) in [5, 5.41) is 23.6. The smallest absolute Gasteiger partial charge is 0.336 e. The van der Waals surface area contributed by atoms with Crippen LogP contribution in [0.15, 0.2) is 54.6 Å². The monoisotopic (exact) mass is 1120 g/mol. The van der Waals surface area contributed by atoms with E-state index in [1.807, 2.05) is 63.0 Å². The summed E-state index contributed by atoms with van der Waals surface area (Å²) in [6.45, 7) is 9.54. The van der Waals surface area contributed by atoms with E-state index in [9.17, 15) is 50.2 Å². The minimum atomic E-state index is -4.78. The maximum absolute atomic E-state index is 13.5. The number of amides is 4. The predicted octanol–water partition coefficient (Wildman–Crippen LogP) is 2.70. The quantitative estimate of drug-likeness (QED) is 0.0255. The molecule has 0 aromatic heterocycles. The highest BCUT2D eigenvalue weighted by Crippen LogP contribution is 2.47. The lowest BCUT2D eigenvalue weighted by atomic mass is 9.83. The van der Waals surface area contributed by atoms with Gasteiger partial charge < -0.3 is 54.8 Å². The van der Waals surface area contributed by atoms with Gasteiger partial charge in [0.25, 0.3) is 16.0 Å². The highest BCUT2D eigenvalue weighted by molar-refractivity contribution is 8.00. The molecule has 8 rings (SSSR count). The molecule has 3 aromatic rings. The van der Waals surface area contributed by atoms with Crippen molar-refractivity contribution in [2.75, 3.05) is 89.0 Å². The van der Waals surface area contributed by atoms with E-state index in [0.717, 1.165) is 25.0 Å². The molecular weight excluding hydrogens is 1060 g/mol. The van der Waals surface area contributed by atoms with Crippen molar-refractivity contribution in [2.24, 2.45) is 0 Å². The van der Waals surface area contributed by atoms with E-state index in [0.29, 0.717) is 76.6 Å². The van der Waals surface area contributed by atoms with Gasteiger partial charge in [-0.15, -0.1) is 0 Å². The summed E-state index contributed by atoms with van der Waals surface area (Å²) in [6.07, 6.45) is 6.49. The number of carboxylic acids is 1. The molecule has 4 amide bonds. The number of hydrogen-bond donors (Lipinski definition) is 6. The zero-order chi connectivity index (χ0) is 55.6. The standard InChI is InChI=1S/C53H66N6O15S3/c1-52(2)26-32(29-76(65,66)67)35-22-38-43(24-41(35)58(52)5)74-44-25-42-36(33(30-77(68,69)70)27-53(3,4)59(42)6)23-39(44)47(38)34-12-11-31(21-37(34)50(62)63)49(61)55-14-16-72-18-20-73-19-17-71-15-13-54-46(60)10-8-7-9-45-48-40(28-75-45)56-51(64)57-48/h11-12,21-27,40,45,48H,7-10,13-20,28-30H2,1-6H3,(H6-,54,55,56,57,60,61,62,63,64,65,66,67,68,69,70)/t40-,45-,48-/m0/s1. The molecule has 3 atom stereocenters. The van der Waals surface area contributed by atoms with Gasteiger partial charge in [-0.05, 0) is 73.7 Å². The Morgan fingerprint density at radius 1 is 0.844 bits per heavy atom. The summed E-state index contributed by atoms with van der Waals surface area (Å²) in [5.74, 6) is -2.05. The zero-order valence-corrected chi connectivity index (χ0v) is 46.3. The first-order valence-electron chi connectivity index (χ1n) is 25.4. The fourth-order valence-electron chi connectivity index (χ4n) is 10.4. The number of urea groups is 1. The summed E-state index contributed by atoms with van der Waals surface area (Å²) >= 11 is 1.86. The maximum atomic E-state index is 13.5. The third-order valence-corrected chi connectivity index (χ3v) is 17.4. The number of nitrogens with one attached hydrogen (secondary N) is 4. The topological polar surface area (TPSA) is 291 Å². The second kappa shape index (κ2) is 23.2. The number of anilines is 1. The first kappa shape index (κ1) is 57.3. The summed E-state index contributed by atoms with van der Waals surface area (Å²) < 4.78 is 97.1. The minimum absolute atomic E-state index is 0.0297. The molecule has 0 aliphatic carbocycles. The summed E-state index contributed by atoms with van der Waals surface area (Å²) in [6, 6.07) is 11.2. The van der Waals surface area contributed by atoms with Crippen LogP contribution in [-0.2, 0) is 39.2 Å². The molecular formula is C53H66N6O15S3. The van der Waals surface area contributed by atoms with Gasteiger partial charge in [0.15, 0.2) is 5.54 Å². The van der Waals surface area contributed by atoms with Crippen LogP contribution >= 0.6 is 11.8 Å². The van der Waals surface area contributed by atoms with Gasteiger partial charge in [-0.1, -0.05) is 18.6 Å². The average molecular weight is 1120 g/mol. The number of thioether (sulfide) groups is 1. The third-order valence-electron chi connectivity index (χ3n) is 14.5. The average Bonchev–Trinajstić information content (AvgIpc) is 3.98. The Morgan fingerprint density at radius 3 is 2.19 bits per heavy atom. The number of aromatic carboxylic acids is 1. The Bertz CT molecular complexity index is 3290. The first-order valence-corrected chi connectivity index (χ1v) is 29.6. The predicted molar refractivity (Wildman–Crippen MR) is 290 cm³/mol. The van der Waals surface area contributed by atoms with Gasteiger partial charge in [0.2, 0.25) is 11.3 Å². The van der Waals surface area contributed by atoms with Crippen LogP contribution in [-0.4, -0.2) is 167 Å². The molecule has 77 heavy (non-hydrogen) atoms. The molecule has 24 heteroatoms. The number of hydrogen-bond acceptors (Lipinski definition) is 15. The molecule has 3 aromatic carbocycles. The largest absolute Gasteiger partial charge is 0.748 e. The Hall–Kier alpha value is -5.86. The number of carbonyl (C=O) groups is 4. The van der Waals surface area contributed by atoms with E-state index < -0.39 is 54.7 Å². The molecule has 416 valence electrons. The second-order valence-electron chi connectivity index (χ2n) is 20.8. The van der Waals surface area contributed by atoms with E-state index in [4.69, 9.17) is 18.9 Å². The highest BCUT2D eigenvalue weighted by atomic mass is 32.2. The minimum Gasteiger partial charge on any atom is -0.748 e. The van der Waals surface area contributed by atoms with Crippen LogP contribution in [0.25, 0.3) is 16.7 Å². The molecule has 6 N–H and O–H groups in total. The van der Waals surface area contributed by atoms with Crippen molar-refractivity contribution in [3.63, 3.8) is 0 Å². The second-order valence-corrected chi connectivity index (χ2v) is 24.9. The summed E-state index contributed by atoms with van der Waals surface area (Å²) in [4.78, 5) is 52.6. The number of likely N-dealkylation sites (N-methyl/N-ethyl adjacent to an activating group) is 2. The molecule has 21 nitrogen and oxygen atoms in total. The third kappa shape index (κ3) is 13.5. The van der Waals surface area contributed by atoms with Crippen LogP contribution in [0.4, 0.5) is 10.5 Å². The van der Waals surface area contributed by atoms with Gasteiger partial charge in [-0.25, -0.2) is 22.6 Å². The molecule has 0 radical (unpaired) electrons. The number of carbonyl (C=O) groups excluding carboxylic acids is 3. The van der Waals surface area contributed by atoms with E-state index in [-0.39, 0.29) is 89.7 Å². The molecule has 5 aliphatic rings. The zero-order valence-electron chi connectivity index (χ0n) is 43.9. The van der Waals surface area contributed by atoms with Gasteiger partial charge in [0.1, 0.15) is 24.3 Å². The number of ether oxygens (including phenoxy) is 4. The summed E-state index contributed by atoms with van der Waals surface area (Å²) in [7, 11) is -5.67. The lowest BCUT2D eigenvalue weighted by Crippen LogP contribution is -2.47. The van der Waals surface area contributed by atoms with E-state index in [2.05, 4.69) is 21.3 Å². The first-order chi connectivity index (χ1) is 36.3. The molecule has 0 unspecified atom stereocenters. The van der Waals surface area contributed by atoms with Gasteiger partial charge in [0.05, 0.1) is 90.3 Å². The molecule has 0 bridgehead atoms. The van der Waals surface area contributed by atoms with Crippen molar-refractivity contribution in [2.45, 2.75) is 81.8 Å². The lowest BCUT2D eigenvalue weighted by Gasteiger charge is -2.42. The summed E-state index contributed by atoms with van der Waals surface area (Å²) in [5.41, 5.74) is 0.955. The van der Waals surface area contributed by atoms with Crippen molar-refractivity contribution in [1.82, 2.24) is 25.8 Å². The van der Waals surface area contributed by atoms with Crippen LogP contribution < -0.4 is 46.1 Å². The van der Waals surface area contributed by atoms with Gasteiger partial charge >= 0.3 is 12.0 Å². The lowest BCUT2D eigenvalue weighted by molar-refractivity contribution is -0.121. The number of fused-ring (bicyclic) bond motifs is 5. The molecule has 2 fully saturated rings. The fraction of sp³-hybridized carbons (Fsp3) is 0.491. The van der Waals surface area contributed by atoms with E-state index >= 15 is 0 Å². The molecule has 5 heterocycles. The number of carboxylic acid groups (broad SMARTS) is 1. The van der Waals surface area contributed by atoms with Gasteiger partial charge in [0, 0.05) is 90.6 Å². The molecule has 2 saturated heterocycles. The molecule has 5 aliphatic heterocycles. The molecule has 0 spiro atoms. The van der Waals surface area contributed by atoms with E-state index in [1.54, 1.807) is 36.4 Å². The van der Waals surface area contributed by atoms with Crippen LogP contribution in [0.5, 0.6) is 11.5 Å². The maximum Gasteiger partial charge on any atom is 0.336 e. The number of benzene rings is 3. The number of nitrogens with zero attached hydrogens (tertiary/aromatic N) is 2. The normalized spacial score (nSPS) is 19.8. The highest BCUT2D eigenvalue weighted by Gasteiger charge is 2.43. The van der Waals surface area contributed by atoms with Crippen molar-refractivity contribution >= 4 is 78.2 Å². The van der Waals surface area contributed by atoms with Crippen molar-refractivity contribution in [1.29, 1.82) is 0 Å². The van der Waals surface area contributed by atoms with Gasteiger partial charge in [-0.2, -0.15) is 20.2 Å². The Morgan fingerprint density at radius 2 is 1.52 bits per heavy atom. The van der Waals surface area contributed by atoms with E-state index in [1.165, 1.54) is 18.2 Å². The number of unbranched alkanes of at least 4 members (excludes halogenated alkanes) is 1. The van der Waals surface area contributed by atoms with Crippen molar-refractivity contribution < 1.29 is 69.2 Å². The van der Waals surface area contributed by atoms with Crippen molar-refractivity contribution in [3.05, 3.63) is 98.6 Å². The number of rotatable bonds is 24. The van der Waals surface area contributed by atoms with Crippen LogP contribution in [0.2, 0.25) is 0 Å². The molecule has 0 saturated carbocycles. The van der Waals surface area contributed by atoms with Gasteiger partial charge in [-0.3, -0.25) is 14.1 Å². The van der Waals surface area contributed by atoms with Crippen LogP contribution in [0.1, 0.15) is 96.3 Å². The fourth-order valence-corrected chi connectivity index (χ4v) is 13.2. The Labute approximate surface area is 452 Å². The van der Waals surface area contributed by atoms with Crippen molar-refractivity contribution in [3.8, 4) is 11.5 Å². The van der Waals surface area contributed by atoms with Crippen LogP contribution in [0.3, 0.4) is 0 Å². The Kier molecular flexibility index (Phi) is 17.3. The van der Waals surface area contributed by atoms with Crippen LogP contribution in [0, 0.1) is 0 Å².